The lowest BCUT2D eigenvalue weighted by Crippen LogP contribution is -2.25. The summed E-state index contributed by atoms with van der Waals surface area (Å²) in [6.45, 7) is 2.54. The molecule has 1 aromatic carbocycles. The maximum atomic E-state index is 11.9. The van der Waals surface area contributed by atoms with Crippen molar-refractivity contribution in [3.8, 4) is 5.75 Å². The number of hydrogen-bond donors (Lipinski definition) is 2. The first-order valence-corrected chi connectivity index (χ1v) is 8.33. The van der Waals surface area contributed by atoms with E-state index in [0.29, 0.717) is 11.0 Å². The Labute approximate surface area is 126 Å². The van der Waals surface area contributed by atoms with Crippen LogP contribution in [0.5, 0.6) is 5.75 Å². The van der Waals surface area contributed by atoms with Gasteiger partial charge < -0.3 is 10.1 Å². The molecule has 0 radical (unpaired) electrons. The molecule has 0 atom stereocenters. The number of sulfonamides is 1. The first-order valence-electron chi connectivity index (χ1n) is 5.99. The van der Waals surface area contributed by atoms with E-state index in [1.54, 1.807) is 0 Å². The highest BCUT2D eigenvalue weighted by atomic mass is 79.9. The van der Waals surface area contributed by atoms with E-state index in [1.807, 2.05) is 6.92 Å². The van der Waals surface area contributed by atoms with Crippen molar-refractivity contribution in [2.24, 2.45) is 5.14 Å². The molecule has 0 spiro atoms. The number of halogens is 1. The molecule has 8 heteroatoms. The fraction of sp³-hybridized carbons (Fsp3) is 0.417. The van der Waals surface area contributed by atoms with Crippen molar-refractivity contribution in [1.29, 1.82) is 0 Å². The Hall–Kier alpha value is -1.12. The monoisotopic (exact) mass is 364 g/mol. The summed E-state index contributed by atoms with van der Waals surface area (Å²) >= 11 is 3.18. The number of amides is 1. The van der Waals surface area contributed by atoms with Gasteiger partial charge in [-0.15, -0.1) is 0 Å². The lowest BCUT2D eigenvalue weighted by Gasteiger charge is -2.11. The van der Waals surface area contributed by atoms with E-state index in [2.05, 4.69) is 21.2 Å². The third kappa shape index (κ3) is 4.19. The van der Waals surface area contributed by atoms with Crippen LogP contribution in [0.4, 0.5) is 0 Å². The molecule has 0 aromatic heterocycles. The zero-order chi connectivity index (χ0) is 15.3. The molecule has 20 heavy (non-hydrogen) atoms. The number of hydrogen-bond acceptors (Lipinski definition) is 4. The molecule has 6 nitrogen and oxygen atoms in total. The summed E-state index contributed by atoms with van der Waals surface area (Å²) in [6, 6.07) is 2.70. The van der Waals surface area contributed by atoms with E-state index in [0.717, 1.165) is 12.8 Å². The molecule has 1 amide bonds. The predicted octanol–water partition coefficient (Wildman–Crippen LogP) is 1.64. The van der Waals surface area contributed by atoms with Crippen molar-refractivity contribution in [1.82, 2.24) is 5.32 Å². The number of ether oxygens (including phenoxy) is 1. The lowest BCUT2D eigenvalue weighted by molar-refractivity contribution is 0.0953. The number of rotatable bonds is 6. The number of methoxy groups -OCH3 is 1. The van der Waals surface area contributed by atoms with Crippen LogP contribution in [0, 0.1) is 0 Å². The Bertz CT molecular complexity index is 602. The minimum Gasteiger partial charge on any atom is -0.494 e. The van der Waals surface area contributed by atoms with E-state index in [-0.39, 0.29) is 22.1 Å². The minimum atomic E-state index is -3.98. The van der Waals surface area contributed by atoms with Gasteiger partial charge in [0.25, 0.3) is 5.91 Å². The molecule has 0 saturated heterocycles. The lowest BCUT2D eigenvalue weighted by atomic mass is 10.2. The van der Waals surface area contributed by atoms with Gasteiger partial charge in [0, 0.05) is 12.1 Å². The number of nitrogens with one attached hydrogen (secondary N) is 1. The first-order chi connectivity index (χ1) is 9.31. The number of carbonyl (C=O) groups is 1. The van der Waals surface area contributed by atoms with Crippen LogP contribution in [0.1, 0.15) is 30.1 Å². The van der Waals surface area contributed by atoms with Crippen molar-refractivity contribution in [2.75, 3.05) is 13.7 Å². The van der Waals surface area contributed by atoms with Gasteiger partial charge in [-0.05, 0) is 34.5 Å². The second-order valence-corrected chi connectivity index (χ2v) is 6.53. The van der Waals surface area contributed by atoms with E-state index < -0.39 is 10.0 Å². The summed E-state index contributed by atoms with van der Waals surface area (Å²) in [4.78, 5) is 11.7. The summed E-state index contributed by atoms with van der Waals surface area (Å²) < 4.78 is 28.4. The Balaban J connectivity index is 3.18. The van der Waals surface area contributed by atoms with E-state index >= 15 is 0 Å². The smallest absolute Gasteiger partial charge is 0.251 e. The Morgan fingerprint density at radius 2 is 2.10 bits per heavy atom. The fourth-order valence-corrected chi connectivity index (χ4v) is 3.09. The van der Waals surface area contributed by atoms with E-state index in [1.165, 1.54) is 19.2 Å². The summed E-state index contributed by atoms with van der Waals surface area (Å²) in [5.74, 6) is -0.274. The van der Waals surface area contributed by atoms with Crippen molar-refractivity contribution in [3.63, 3.8) is 0 Å². The van der Waals surface area contributed by atoms with Crippen LogP contribution in [0.2, 0.25) is 0 Å². The van der Waals surface area contributed by atoms with Gasteiger partial charge >= 0.3 is 0 Å². The van der Waals surface area contributed by atoms with Gasteiger partial charge in [0.05, 0.1) is 11.6 Å². The Morgan fingerprint density at radius 3 is 2.60 bits per heavy atom. The number of nitrogens with two attached hydrogens (primary N) is 1. The van der Waals surface area contributed by atoms with Crippen molar-refractivity contribution in [3.05, 3.63) is 22.2 Å². The molecule has 1 aromatic rings. The molecule has 0 aliphatic carbocycles. The van der Waals surface area contributed by atoms with Crippen molar-refractivity contribution < 1.29 is 17.9 Å². The van der Waals surface area contributed by atoms with Gasteiger partial charge in [-0.2, -0.15) is 0 Å². The number of primary sulfonamides is 1. The highest BCUT2D eigenvalue weighted by Crippen LogP contribution is 2.33. The second kappa shape index (κ2) is 7.05. The molecule has 0 aliphatic rings. The van der Waals surface area contributed by atoms with E-state index in [4.69, 9.17) is 9.88 Å². The third-order valence-electron chi connectivity index (χ3n) is 2.60. The van der Waals surface area contributed by atoms with Gasteiger partial charge in [-0.3, -0.25) is 4.79 Å². The third-order valence-corrected chi connectivity index (χ3v) is 4.10. The quantitative estimate of drug-likeness (QED) is 0.749. The SMILES string of the molecule is CCCCNC(=O)c1cc(Br)c(OC)c(S(N)(=O)=O)c1. The molecule has 0 aliphatic heterocycles. The molecule has 0 fully saturated rings. The highest BCUT2D eigenvalue weighted by Gasteiger charge is 2.21. The maximum Gasteiger partial charge on any atom is 0.251 e. The maximum absolute atomic E-state index is 11.9. The molecule has 0 heterocycles. The number of unbranched alkanes of at least 4 members (excludes halogenated alkanes) is 1. The molecule has 112 valence electrons. The van der Waals surface area contributed by atoms with Crippen molar-refractivity contribution in [2.45, 2.75) is 24.7 Å². The summed E-state index contributed by atoms with van der Waals surface area (Å²) in [5.41, 5.74) is 0.206. The average Bonchev–Trinajstić information content (AvgIpc) is 2.36. The second-order valence-electron chi connectivity index (χ2n) is 4.14. The van der Waals surface area contributed by atoms with Gasteiger partial charge in [-0.25, -0.2) is 13.6 Å². The molecule has 0 bridgehead atoms. The number of benzene rings is 1. The minimum absolute atomic E-state index is 0.0811. The largest absolute Gasteiger partial charge is 0.494 e. The summed E-state index contributed by atoms with van der Waals surface area (Å²) in [7, 11) is -2.66. The van der Waals surface area contributed by atoms with Crippen LogP contribution >= 0.6 is 15.9 Å². The zero-order valence-corrected chi connectivity index (χ0v) is 13.7. The molecule has 0 saturated carbocycles. The van der Waals surface area contributed by atoms with Crippen LogP contribution in [0.15, 0.2) is 21.5 Å². The molecular weight excluding hydrogens is 348 g/mol. The first kappa shape index (κ1) is 16.9. The van der Waals surface area contributed by atoms with Gasteiger partial charge in [0.15, 0.2) is 5.75 Å². The summed E-state index contributed by atoms with van der Waals surface area (Å²) in [6.07, 6.45) is 1.81. The molecule has 3 N–H and O–H groups in total. The molecule has 1 rings (SSSR count). The van der Waals surface area contributed by atoms with Gasteiger partial charge in [-0.1, -0.05) is 13.3 Å². The average molecular weight is 365 g/mol. The van der Waals surface area contributed by atoms with Crippen LogP contribution in [-0.4, -0.2) is 28.0 Å². The summed E-state index contributed by atoms with van der Waals surface area (Å²) in [5, 5.41) is 7.84. The topological polar surface area (TPSA) is 98.5 Å². The molecular formula is C12H17BrN2O4S. The normalized spacial score (nSPS) is 11.2. The Kier molecular flexibility index (Phi) is 5.97. The van der Waals surface area contributed by atoms with Gasteiger partial charge in [0.1, 0.15) is 4.90 Å². The van der Waals surface area contributed by atoms with Crippen LogP contribution in [0.25, 0.3) is 0 Å². The predicted molar refractivity (Wildman–Crippen MR) is 79.3 cm³/mol. The standard InChI is InChI=1S/C12H17BrN2O4S/c1-3-4-5-15-12(16)8-6-9(13)11(19-2)10(7-8)20(14,17)18/h6-7H,3-5H2,1-2H3,(H,15,16)(H2,14,17,18). The van der Waals surface area contributed by atoms with Crippen LogP contribution < -0.4 is 15.2 Å². The molecule has 0 unspecified atom stereocenters. The Morgan fingerprint density at radius 1 is 1.45 bits per heavy atom. The zero-order valence-electron chi connectivity index (χ0n) is 11.3. The van der Waals surface area contributed by atoms with Gasteiger partial charge in [0.2, 0.25) is 10.0 Å². The number of carbonyl (C=O) groups excluding carboxylic acids is 1. The van der Waals surface area contributed by atoms with Crippen LogP contribution in [0.3, 0.4) is 0 Å². The van der Waals surface area contributed by atoms with Crippen LogP contribution in [-0.2, 0) is 10.0 Å². The fourth-order valence-electron chi connectivity index (χ4n) is 1.59. The van der Waals surface area contributed by atoms with E-state index in [9.17, 15) is 13.2 Å². The highest BCUT2D eigenvalue weighted by molar-refractivity contribution is 9.10. The van der Waals surface area contributed by atoms with Crippen molar-refractivity contribution >= 4 is 31.9 Å².